The zero-order chi connectivity index (χ0) is 19.1. The topological polar surface area (TPSA) is 52.0 Å². The van der Waals surface area contributed by atoms with Crippen LogP contribution < -0.4 is 19.7 Å². The van der Waals surface area contributed by atoms with Crippen LogP contribution in [0.2, 0.25) is 10.0 Å². The highest BCUT2D eigenvalue weighted by molar-refractivity contribution is 6.43. The number of amides is 1. The molecule has 0 radical (unpaired) electrons. The minimum absolute atomic E-state index is 0.112. The van der Waals surface area contributed by atoms with Crippen LogP contribution >= 0.6 is 23.2 Å². The molecular formula is C19H23Cl2N2O3+. The molecule has 0 aliphatic rings. The summed E-state index contributed by atoms with van der Waals surface area (Å²) in [6.45, 7) is 1.13. The van der Waals surface area contributed by atoms with E-state index in [1.165, 1.54) is 0 Å². The first-order valence-corrected chi connectivity index (χ1v) is 8.96. The second-order valence-electron chi connectivity index (χ2n) is 5.97. The SMILES string of the molecule is COc1ccc(CC[NH+](C)CC(=O)Nc2cccc(Cl)c2Cl)cc1OC. The highest BCUT2D eigenvalue weighted by atomic mass is 35.5. The summed E-state index contributed by atoms with van der Waals surface area (Å²) in [7, 11) is 5.20. The zero-order valence-electron chi connectivity index (χ0n) is 15.1. The fraction of sp³-hybridized carbons (Fsp3) is 0.316. The average molecular weight is 398 g/mol. The molecule has 5 nitrogen and oxygen atoms in total. The molecule has 0 spiro atoms. The first-order chi connectivity index (χ1) is 12.4. The second-order valence-corrected chi connectivity index (χ2v) is 6.76. The summed E-state index contributed by atoms with van der Waals surface area (Å²) in [5.74, 6) is 1.30. The summed E-state index contributed by atoms with van der Waals surface area (Å²) < 4.78 is 10.6. The number of anilines is 1. The van der Waals surface area contributed by atoms with Crippen LogP contribution in [0.5, 0.6) is 11.5 Å². The molecule has 0 aromatic heterocycles. The zero-order valence-corrected chi connectivity index (χ0v) is 16.6. The number of nitrogens with one attached hydrogen (secondary N) is 2. The Hall–Kier alpha value is -1.95. The van der Waals surface area contributed by atoms with Crippen molar-refractivity contribution in [3.05, 3.63) is 52.0 Å². The number of ether oxygens (including phenoxy) is 2. The van der Waals surface area contributed by atoms with E-state index in [4.69, 9.17) is 32.7 Å². The number of quaternary nitrogens is 1. The van der Waals surface area contributed by atoms with Gasteiger partial charge in [-0.25, -0.2) is 0 Å². The predicted octanol–water partition coefficient (Wildman–Crippen LogP) is 2.71. The van der Waals surface area contributed by atoms with Crippen LogP contribution in [0.25, 0.3) is 0 Å². The van der Waals surface area contributed by atoms with E-state index in [1.807, 2.05) is 25.2 Å². The standard InChI is InChI=1S/C19H22Cl2N2O3/c1-23(10-9-13-7-8-16(25-2)17(11-13)26-3)12-18(24)22-15-6-4-5-14(20)19(15)21/h4-8,11H,9-10,12H2,1-3H3,(H,22,24)/p+1. The van der Waals surface area contributed by atoms with E-state index in [0.29, 0.717) is 33.8 Å². The minimum atomic E-state index is -0.112. The molecule has 140 valence electrons. The lowest BCUT2D eigenvalue weighted by Crippen LogP contribution is -3.10. The van der Waals surface area contributed by atoms with Gasteiger partial charge < -0.3 is 19.7 Å². The van der Waals surface area contributed by atoms with Crippen molar-refractivity contribution in [3.63, 3.8) is 0 Å². The molecule has 1 amide bonds. The van der Waals surface area contributed by atoms with Gasteiger partial charge in [0.05, 0.1) is 43.5 Å². The summed E-state index contributed by atoms with van der Waals surface area (Å²) in [5, 5.41) is 3.57. The molecule has 0 saturated carbocycles. The van der Waals surface area contributed by atoms with Crippen LogP contribution in [-0.4, -0.2) is 40.3 Å². The van der Waals surface area contributed by atoms with Gasteiger partial charge in [0.1, 0.15) is 0 Å². The van der Waals surface area contributed by atoms with E-state index < -0.39 is 0 Å². The van der Waals surface area contributed by atoms with Crippen LogP contribution in [0, 0.1) is 0 Å². The molecular weight excluding hydrogens is 375 g/mol. The summed E-state index contributed by atoms with van der Waals surface area (Å²) in [4.78, 5) is 13.3. The maximum Gasteiger partial charge on any atom is 0.279 e. The molecule has 0 heterocycles. The van der Waals surface area contributed by atoms with Gasteiger partial charge in [-0.1, -0.05) is 35.3 Å². The highest BCUT2D eigenvalue weighted by Crippen LogP contribution is 2.29. The van der Waals surface area contributed by atoms with Gasteiger partial charge in [0.25, 0.3) is 5.91 Å². The van der Waals surface area contributed by atoms with Gasteiger partial charge in [0.15, 0.2) is 18.0 Å². The number of halogens is 2. The number of methoxy groups -OCH3 is 2. The Bertz CT molecular complexity index is 768. The maximum absolute atomic E-state index is 12.2. The van der Waals surface area contributed by atoms with Gasteiger partial charge >= 0.3 is 0 Å². The van der Waals surface area contributed by atoms with Crippen molar-refractivity contribution in [1.82, 2.24) is 0 Å². The number of benzene rings is 2. The molecule has 0 aliphatic heterocycles. The Morgan fingerprint density at radius 3 is 2.54 bits per heavy atom. The van der Waals surface area contributed by atoms with Crippen molar-refractivity contribution < 1.29 is 19.2 Å². The normalized spacial score (nSPS) is 11.7. The van der Waals surface area contributed by atoms with E-state index >= 15 is 0 Å². The number of rotatable bonds is 8. The van der Waals surface area contributed by atoms with Crippen molar-refractivity contribution in [1.29, 1.82) is 0 Å². The molecule has 0 saturated heterocycles. The van der Waals surface area contributed by atoms with Crippen molar-refractivity contribution in [2.75, 3.05) is 39.7 Å². The predicted molar refractivity (Wildman–Crippen MR) is 105 cm³/mol. The Morgan fingerprint density at radius 2 is 1.85 bits per heavy atom. The Labute approximate surface area is 163 Å². The number of hydrogen-bond acceptors (Lipinski definition) is 3. The first kappa shape index (κ1) is 20.4. The highest BCUT2D eigenvalue weighted by Gasteiger charge is 2.13. The van der Waals surface area contributed by atoms with Crippen molar-refractivity contribution >= 4 is 34.8 Å². The van der Waals surface area contributed by atoms with Crippen LogP contribution in [-0.2, 0) is 11.2 Å². The molecule has 2 N–H and O–H groups in total. The Morgan fingerprint density at radius 1 is 1.12 bits per heavy atom. The van der Waals surface area contributed by atoms with Gasteiger partial charge in [0.2, 0.25) is 0 Å². The largest absolute Gasteiger partial charge is 0.493 e. The third-order valence-corrected chi connectivity index (χ3v) is 4.80. The van der Waals surface area contributed by atoms with Gasteiger partial charge in [-0.15, -0.1) is 0 Å². The third-order valence-electron chi connectivity index (χ3n) is 3.98. The summed E-state index contributed by atoms with van der Waals surface area (Å²) in [6, 6.07) is 11.0. The van der Waals surface area contributed by atoms with Crippen LogP contribution in [0.1, 0.15) is 5.56 Å². The van der Waals surface area contributed by atoms with Crippen molar-refractivity contribution in [3.8, 4) is 11.5 Å². The van der Waals surface area contributed by atoms with Crippen molar-refractivity contribution in [2.24, 2.45) is 0 Å². The van der Waals surface area contributed by atoms with E-state index in [-0.39, 0.29) is 5.91 Å². The summed E-state index contributed by atoms with van der Waals surface area (Å²) in [6.07, 6.45) is 0.817. The number of carbonyl (C=O) groups is 1. The fourth-order valence-electron chi connectivity index (χ4n) is 2.55. The monoisotopic (exact) mass is 397 g/mol. The molecule has 2 aromatic rings. The number of carbonyl (C=O) groups excluding carboxylic acids is 1. The lowest BCUT2D eigenvalue weighted by molar-refractivity contribution is -0.870. The summed E-state index contributed by atoms with van der Waals surface area (Å²) in [5.41, 5.74) is 1.65. The molecule has 2 aromatic carbocycles. The molecule has 0 aliphatic carbocycles. The van der Waals surface area contributed by atoms with Crippen molar-refractivity contribution in [2.45, 2.75) is 6.42 Å². The fourth-order valence-corrected chi connectivity index (χ4v) is 2.90. The lowest BCUT2D eigenvalue weighted by Gasteiger charge is -2.15. The van der Waals surface area contributed by atoms with E-state index in [0.717, 1.165) is 23.4 Å². The Kier molecular flexibility index (Phi) is 7.57. The van der Waals surface area contributed by atoms with Gasteiger partial charge in [-0.3, -0.25) is 4.79 Å². The quantitative estimate of drug-likeness (QED) is 0.719. The van der Waals surface area contributed by atoms with Gasteiger partial charge in [-0.05, 0) is 29.8 Å². The van der Waals surface area contributed by atoms with Gasteiger partial charge in [0, 0.05) is 6.42 Å². The van der Waals surface area contributed by atoms with Crippen LogP contribution in [0.4, 0.5) is 5.69 Å². The average Bonchev–Trinajstić information content (AvgIpc) is 2.63. The Balaban J connectivity index is 1.87. The molecule has 7 heteroatoms. The van der Waals surface area contributed by atoms with Gasteiger partial charge in [-0.2, -0.15) is 0 Å². The molecule has 1 unspecified atom stereocenters. The van der Waals surface area contributed by atoms with E-state index in [2.05, 4.69) is 5.32 Å². The first-order valence-electron chi connectivity index (χ1n) is 8.20. The lowest BCUT2D eigenvalue weighted by atomic mass is 10.1. The van der Waals surface area contributed by atoms with Crippen LogP contribution in [0.15, 0.2) is 36.4 Å². The number of likely N-dealkylation sites (N-methyl/N-ethyl adjacent to an activating group) is 1. The third kappa shape index (κ3) is 5.53. The molecule has 1 atom stereocenters. The van der Waals surface area contributed by atoms with E-state index in [9.17, 15) is 4.79 Å². The molecule has 26 heavy (non-hydrogen) atoms. The molecule has 0 fully saturated rings. The molecule has 2 rings (SSSR count). The minimum Gasteiger partial charge on any atom is -0.493 e. The number of hydrogen-bond donors (Lipinski definition) is 2. The van der Waals surface area contributed by atoms with E-state index in [1.54, 1.807) is 32.4 Å². The summed E-state index contributed by atoms with van der Waals surface area (Å²) >= 11 is 12.1. The maximum atomic E-state index is 12.2. The smallest absolute Gasteiger partial charge is 0.279 e. The second kappa shape index (κ2) is 9.67. The van der Waals surface area contributed by atoms with Crippen LogP contribution in [0.3, 0.4) is 0 Å². The molecule has 0 bridgehead atoms.